The third-order valence-electron chi connectivity index (χ3n) is 3.33. The highest BCUT2D eigenvalue weighted by Gasteiger charge is 2.26. The van der Waals surface area contributed by atoms with Gasteiger partial charge in [-0.05, 0) is 12.1 Å². The average molecular weight is 311 g/mol. The molecule has 1 fully saturated rings. The Morgan fingerprint density at radius 1 is 1.05 bits per heavy atom. The lowest BCUT2D eigenvalue weighted by atomic mass is 10.1. The first kappa shape index (κ1) is 15.3. The van der Waals surface area contributed by atoms with E-state index < -0.39 is 18.3 Å². The molecule has 21 heavy (non-hydrogen) atoms. The van der Waals surface area contributed by atoms with Crippen molar-refractivity contribution in [2.24, 2.45) is 0 Å². The van der Waals surface area contributed by atoms with E-state index in [1.54, 1.807) is 29.2 Å². The summed E-state index contributed by atoms with van der Waals surface area (Å²) < 4.78 is 0. The first-order chi connectivity index (χ1) is 9.99. The number of carboxylic acids is 1. The van der Waals surface area contributed by atoms with Gasteiger partial charge in [0.2, 0.25) is 5.91 Å². The predicted molar refractivity (Wildman–Crippen MR) is 76.2 cm³/mol. The van der Waals surface area contributed by atoms with Crippen LogP contribution < -0.4 is 0 Å². The summed E-state index contributed by atoms with van der Waals surface area (Å²) in [5, 5.41) is 9.00. The van der Waals surface area contributed by atoms with Crippen LogP contribution in [0.5, 0.6) is 0 Å². The van der Waals surface area contributed by atoms with Gasteiger partial charge in [-0.3, -0.25) is 14.4 Å². The Morgan fingerprint density at radius 3 is 2.19 bits per heavy atom. The number of benzene rings is 1. The topological polar surface area (TPSA) is 77.9 Å². The van der Waals surface area contributed by atoms with E-state index in [-0.39, 0.29) is 5.91 Å². The van der Waals surface area contributed by atoms with Gasteiger partial charge in [0.25, 0.3) is 5.91 Å². The molecule has 0 spiro atoms. The lowest BCUT2D eigenvalue weighted by molar-refractivity contribution is -0.144. The Bertz CT molecular complexity index is 568. The Balaban J connectivity index is 1.95. The van der Waals surface area contributed by atoms with Crippen LogP contribution in [0.3, 0.4) is 0 Å². The van der Waals surface area contributed by atoms with Crippen LogP contribution in [0.1, 0.15) is 16.8 Å². The number of amides is 2. The number of aliphatic carboxylic acids is 1. The highest BCUT2D eigenvalue weighted by atomic mass is 35.5. The average Bonchev–Trinajstić information content (AvgIpc) is 2.46. The van der Waals surface area contributed by atoms with Crippen molar-refractivity contribution in [3.05, 3.63) is 34.9 Å². The van der Waals surface area contributed by atoms with Crippen molar-refractivity contribution in [3.63, 3.8) is 0 Å². The van der Waals surface area contributed by atoms with Crippen molar-refractivity contribution >= 4 is 29.4 Å². The molecule has 0 radical (unpaired) electrons. The number of hydrogen-bond acceptors (Lipinski definition) is 3. The molecule has 1 saturated heterocycles. The highest BCUT2D eigenvalue weighted by molar-refractivity contribution is 6.33. The van der Waals surface area contributed by atoms with Crippen LogP contribution in [-0.2, 0) is 9.59 Å². The van der Waals surface area contributed by atoms with Crippen molar-refractivity contribution < 1.29 is 19.5 Å². The Labute approximate surface area is 126 Å². The molecule has 1 aliphatic heterocycles. The number of carbonyl (C=O) groups is 3. The number of carboxylic acid groups (broad SMARTS) is 1. The summed E-state index contributed by atoms with van der Waals surface area (Å²) in [4.78, 5) is 37.5. The molecular weight excluding hydrogens is 296 g/mol. The fraction of sp³-hybridized carbons (Fsp3) is 0.357. The molecule has 1 aromatic rings. The molecule has 0 bridgehead atoms. The maximum Gasteiger partial charge on any atom is 0.312 e. The zero-order valence-corrected chi connectivity index (χ0v) is 12.0. The molecule has 0 unspecified atom stereocenters. The number of nitrogens with zero attached hydrogens (tertiary/aromatic N) is 2. The Hall–Kier alpha value is -2.08. The summed E-state index contributed by atoms with van der Waals surface area (Å²) in [6, 6.07) is 6.81. The standard InChI is InChI=1S/C14H15ClN2O4/c15-11-4-2-1-3-10(11)14(21)17-7-5-16(6-8-17)12(18)9-13(19)20/h1-4H,5-9H2,(H,19,20). The molecular formula is C14H15ClN2O4. The predicted octanol–water partition coefficient (Wildman–Crippen LogP) is 1.10. The molecule has 1 aromatic carbocycles. The number of halogens is 1. The summed E-state index contributed by atoms with van der Waals surface area (Å²) in [5.74, 6) is -1.74. The first-order valence-electron chi connectivity index (χ1n) is 6.52. The molecule has 1 heterocycles. The molecule has 112 valence electrons. The fourth-order valence-electron chi connectivity index (χ4n) is 2.21. The largest absolute Gasteiger partial charge is 0.481 e. The van der Waals surface area contributed by atoms with Crippen molar-refractivity contribution in [1.29, 1.82) is 0 Å². The lowest BCUT2D eigenvalue weighted by Gasteiger charge is -2.34. The van der Waals surface area contributed by atoms with Crippen molar-refractivity contribution in [2.45, 2.75) is 6.42 Å². The van der Waals surface area contributed by atoms with Crippen molar-refractivity contribution in [1.82, 2.24) is 9.80 Å². The molecule has 0 saturated carbocycles. The monoisotopic (exact) mass is 310 g/mol. The summed E-state index contributed by atoms with van der Waals surface area (Å²) in [6.45, 7) is 1.41. The molecule has 2 rings (SSSR count). The van der Waals surface area contributed by atoms with Gasteiger partial charge >= 0.3 is 5.97 Å². The van der Waals surface area contributed by atoms with E-state index in [0.29, 0.717) is 36.8 Å². The summed E-state index contributed by atoms with van der Waals surface area (Å²) in [5.41, 5.74) is 0.435. The molecule has 0 aliphatic carbocycles. The van der Waals surface area contributed by atoms with E-state index in [9.17, 15) is 14.4 Å². The van der Waals surface area contributed by atoms with Gasteiger partial charge in [-0.25, -0.2) is 0 Å². The van der Waals surface area contributed by atoms with E-state index >= 15 is 0 Å². The van der Waals surface area contributed by atoms with Gasteiger partial charge in [0, 0.05) is 26.2 Å². The Morgan fingerprint density at radius 2 is 1.62 bits per heavy atom. The molecule has 6 nitrogen and oxygen atoms in total. The zero-order valence-electron chi connectivity index (χ0n) is 11.3. The molecule has 1 aliphatic rings. The molecule has 0 atom stereocenters. The first-order valence-corrected chi connectivity index (χ1v) is 6.90. The quantitative estimate of drug-likeness (QED) is 0.848. The van der Waals surface area contributed by atoms with Crippen LogP contribution in [0.25, 0.3) is 0 Å². The number of hydrogen-bond donors (Lipinski definition) is 1. The van der Waals surface area contributed by atoms with E-state index in [4.69, 9.17) is 16.7 Å². The van der Waals surface area contributed by atoms with Crippen LogP contribution in [-0.4, -0.2) is 58.9 Å². The molecule has 7 heteroatoms. The maximum absolute atomic E-state index is 12.3. The van der Waals surface area contributed by atoms with E-state index in [1.807, 2.05) is 0 Å². The van der Waals surface area contributed by atoms with Crippen molar-refractivity contribution in [2.75, 3.05) is 26.2 Å². The molecule has 2 amide bonds. The van der Waals surface area contributed by atoms with Gasteiger partial charge in [0.1, 0.15) is 6.42 Å². The highest BCUT2D eigenvalue weighted by Crippen LogP contribution is 2.18. The van der Waals surface area contributed by atoms with Gasteiger partial charge in [0.15, 0.2) is 0 Å². The van der Waals surface area contributed by atoms with E-state index in [1.165, 1.54) is 4.90 Å². The van der Waals surface area contributed by atoms with Gasteiger partial charge < -0.3 is 14.9 Å². The summed E-state index contributed by atoms with van der Waals surface area (Å²) >= 11 is 6.00. The van der Waals surface area contributed by atoms with E-state index in [0.717, 1.165) is 0 Å². The number of rotatable bonds is 3. The van der Waals surface area contributed by atoms with Crippen LogP contribution >= 0.6 is 11.6 Å². The zero-order chi connectivity index (χ0) is 15.4. The molecule has 1 N–H and O–H groups in total. The minimum absolute atomic E-state index is 0.175. The summed E-state index contributed by atoms with van der Waals surface area (Å²) in [7, 11) is 0. The normalized spacial score (nSPS) is 14.9. The van der Waals surface area contributed by atoms with Gasteiger partial charge in [-0.2, -0.15) is 0 Å². The van der Waals surface area contributed by atoms with Gasteiger partial charge in [-0.1, -0.05) is 23.7 Å². The lowest BCUT2D eigenvalue weighted by Crippen LogP contribution is -2.50. The Kier molecular flexibility index (Phi) is 4.80. The van der Waals surface area contributed by atoms with Gasteiger partial charge in [0.05, 0.1) is 10.6 Å². The SMILES string of the molecule is O=C(O)CC(=O)N1CCN(C(=O)c2ccccc2Cl)CC1. The minimum Gasteiger partial charge on any atom is -0.481 e. The number of carbonyl (C=O) groups excluding carboxylic acids is 2. The van der Waals surface area contributed by atoms with Crippen LogP contribution in [0, 0.1) is 0 Å². The fourth-order valence-corrected chi connectivity index (χ4v) is 2.42. The van der Waals surface area contributed by atoms with Crippen LogP contribution in [0.4, 0.5) is 0 Å². The van der Waals surface area contributed by atoms with E-state index in [2.05, 4.69) is 0 Å². The number of piperazine rings is 1. The van der Waals surface area contributed by atoms with Crippen LogP contribution in [0.15, 0.2) is 24.3 Å². The smallest absolute Gasteiger partial charge is 0.312 e. The second-order valence-corrected chi connectivity index (χ2v) is 5.13. The minimum atomic E-state index is -1.14. The summed E-state index contributed by atoms with van der Waals surface area (Å²) in [6.07, 6.45) is -0.515. The van der Waals surface area contributed by atoms with Crippen molar-refractivity contribution in [3.8, 4) is 0 Å². The second-order valence-electron chi connectivity index (χ2n) is 4.72. The molecule has 0 aromatic heterocycles. The van der Waals surface area contributed by atoms with Gasteiger partial charge in [-0.15, -0.1) is 0 Å². The third kappa shape index (κ3) is 3.72. The maximum atomic E-state index is 12.3. The second kappa shape index (κ2) is 6.58. The van der Waals surface area contributed by atoms with Crippen LogP contribution in [0.2, 0.25) is 5.02 Å². The third-order valence-corrected chi connectivity index (χ3v) is 3.66.